The standard InChI is InChI=1S/C7H7N3O/c1-5-3-2-4-6-7(8-5)11-10-9-6/h2-3H,4H2,1H3. The molecule has 0 bridgehead atoms. The number of rotatable bonds is 0. The maximum atomic E-state index is 4.82. The third-order valence-corrected chi connectivity index (χ3v) is 1.48. The van der Waals surface area contributed by atoms with Gasteiger partial charge in [0.05, 0.1) is 0 Å². The first-order valence-corrected chi connectivity index (χ1v) is 3.39. The third-order valence-electron chi connectivity index (χ3n) is 1.48. The highest BCUT2D eigenvalue weighted by atomic mass is 16.5. The number of allylic oxidation sites excluding steroid dienone is 2. The summed E-state index contributed by atoms with van der Waals surface area (Å²) >= 11 is 0. The van der Waals surface area contributed by atoms with Crippen LogP contribution in [0.2, 0.25) is 0 Å². The van der Waals surface area contributed by atoms with Gasteiger partial charge in [0.25, 0.3) is 5.88 Å². The fraction of sp³-hybridized carbons (Fsp3) is 0.286. The van der Waals surface area contributed by atoms with Gasteiger partial charge in [-0.05, 0) is 13.0 Å². The van der Waals surface area contributed by atoms with E-state index in [1.165, 1.54) is 0 Å². The molecule has 1 aliphatic heterocycles. The van der Waals surface area contributed by atoms with Gasteiger partial charge in [-0.15, -0.1) is 5.10 Å². The van der Waals surface area contributed by atoms with Gasteiger partial charge in [0.2, 0.25) is 0 Å². The lowest BCUT2D eigenvalue weighted by molar-refractivity contribution is 0.402. The quantitative estimate of drug-likeness (QED) is 0.558. The molecule has 1 aromatic heterocycles. The molecule has 0 atom stereocenters. The second kappa shape index (κ2) is 2.30. The van der Waals surface area contributed by atoms with Gasteiger partial charge in [0, 0.05) is 17.4 Å². The van der Waals surface area contributed by atoms with E-state index in [1.54, 1.807) is 0 Å². The second-order valence-electron chi connectivity index (χ2n) is 2.38. The van der Waals surface area contributed by atoms with Crippen LogP contribution in [0.3, 0.4) is 0 Å². The van der Waals surface area contributed by atoms with Crippen molar-refractivity contribution in [3.8, 4) is 0 Å². The number of hydrogen-bond acceptors (Lipinski definition) is 4. The van der Waals surface area contributed by atoms with Crippen molar-refractivity contribution in [3.05, 3.63) is 17.8 Å². The largest absolute Gasteiger partial charge is 0.316 e. The third kappa shape index (κ3) is 1.07. The zero-order valence-corrected chi connectivity index (χ0v) is 6.11. The SMILES string of the molecule is CC1=Nc2onnc2CC=C1. The highest BCUT2D eigenvalue weighted by Crippen LogP contribution is 2.18. The number of aromatic nitrogens is 2. The molecule has 0 saturated heterocycles. The van der Waals surface area contributed by atoms with E-state index < -0.39 is 0 Å². The van der Waals surface area contributed by atoms with Crippen LogP contribution in [-0.2, 0) is 6.42 Å². The summed E-state index contributed by atoms with van der Waals surface area (Å²) in [4.78, 5) is 4.14. The predicted octanol–water partition coefficient (Wildman–Crippen LogP) is 1.27. The highest BCUT2D eigenvalue weighted by Gasteiger charge is 2.09. The molecule has 0 aromatic carbocycles. The molecule has 2 rings (SSSR count). The molecule has 0 spiro atoms. The van der Waals surface area contributed by atoms with E-state index in [-0.39, 0.29) is 0 Å². The van der Waals surface area contributed by atoms with Crippen LogP contribution in [0.15, 0.2) is 21.7 Å². The molecule has 56 valence electrons. The topological polar surface area (TPSA) is 51.3 Å². The van der Waals surface area contributed by atoms with Crippen LogP contribution in [-0.4, -0.2) is 16.1 Å². The summed E-state index contributed by atoms with van der Waals surface area (Å²) in [7, 11) is 0. The summed E-state index contributed by atoms with van der Waals surface area (Å²) in [5, 5.41) is 7.19. The van der Waals surface area contributed by atoms with Crippen molar-refractivity contribution >= 4 is 11.6 Å². The minimum atomic E-state index is 0.535. The molecule has 4 nitrogen and oxygen atoms in total. The molecule has 0 aliphatic carbocycles. The zero-order valence-electron chi connectivity index (χ0n) is 6.11. The van der Waals surface area contributed by atoms with Gasteiger partial charge in [-0.2, -0.15) is 0 Å². The van der Waals surface area contributed by atoms with Gasteiger partial charge in [0.15, 0.2) is 0 Å². The van der Waals surface area contributed by atoms with E-state index in [1.807, 2.05) is 19.1 Å². The van der Waals surface area contributed by atoms with E-state index in [0.29, 0.717) is 5.88 Å². The second-order valence-corrected chi connectivity index (χ2v) is 2.38. The van der Waals surface area contributed by atoms with Crippen molar-refractivity contribution in [2.75, 3.05) is 0 Å². The molecule has 0 N–H and O–H groups in total. The van der Waals surface area contributed by atoms with Crippen LogP contribution in [0.4, 0.5) is 5.88 Å². The maximum Gasteiger partial charge on any atom is 0.274 e. The first-order chi connectivity index (χ1) is 5.36. The van der Waals surface area contributed by atoms with Crippen LogP contribution in [0.1, 0.15) is 12.6 Å². The highest BCUT2D eigenvalue weighted by molar-refractivity contribution is 5.94. The lowest BCUT2D eigenvalue weighted by Crippen LogP contribution is -1.79. The average molecular weight is 149 g/mol. The Morgan fingerprint density at radius 1 is 1.55 bits per heavy atom. The Hall–Kier alpha value is -1.45. The summed E-state index contributed by atoms with van der Waals surface area (Å²) in [6.45, 7) is 1.91. The Morgan fingerprint density at radius 2 is 2.45 bits per heavy atom. The summed E-state index contributed by atoms with van der Waals surface area (Å²) in [5.41, 5.74) is 1.72. The Labute approximate surface area is 63.6 Å². The summed E-state index contributed by atoms with van der Waals surface area (Å²) < 4.78 is 4.82. The van der Waals surface area contributed by atoms with E-state index >= 15 is 0 Å². The van der Waals surface area contributed by atoms with Gasteiger partial charge in [-0.1, -0.05) is 6.08 Å². The summed E-state index contributed by atoms with van der Waals surface area (Å²) in [5.74, 6) is 0.535. The van der Waals surface area contributed by atoms with Crippen LogP contribution >= 0.6 is 0 Å². The van der Waals surface area contributed by atoms with E-state index in [4.69, 9.17) is 4.52 Å². The molecule has 11 heavy (non-hydrogen) atoms. The monoisotopic (exact) mass is 149 g/mol. The van der Waals surface area contributed by atoms with Gasteiger partial charge in [-0.25, -0.2) is 4.99 Å². The van der Waals surface area contributed by atoms with Crippen LogP contribution in [0.5, 0.6) is 0 Å². The lowest BCUT2D eigenvalue weighted by Gasteiger charge is -1.84. The normalized spacial score (nSPS) is 15.5. The Kier molecular flexibility index (Phi) is 1.31. The smallest absolute Gasteiger partial charge is 0.274 e. The molecule has 0 saturated carbocycles. The van der Waals surface area contributed by atoms with Gasteiger partial charge < -0.3 is 4.52 Å². The molecule has 1 aliphatic rings. The van der Waals surface area contributed by atoms with E-state index in [9.17, 15) is 0 Å². The Balaban J connectivity index is 2.52. The average Bonchev–Trinajstić information content (AvgIpc) is 2.31. The lowest BCUT2D eigenvalue weighted by atomic mass is 10.3. The van der Waals surface area contributed by atoms with Crippen molar-refractivity contribution in [1.82, 2.24) is 10.4 Å². The molecular weight excluding hydrogens is 142 g/mol. The van der Waals surface area contributed by atoms with Crippen LogP contribution in [0, 0.1) is 0 Å². The molecule has 0 amide bonds. The Morgan fingerprint density at radius 3 is 3.36 bits per heavy atom. The number of fused-ring (bicyclic) bond motifs is 1. The van der Waals surface area contributed by atoms with Crippen molar-refractivity contribution in [3.63, 3.8) is 0 Å². The molecule has 0 unspecified atom stereocenters. The molecular formula is C7H7N3O. The number of nitrogens with zero attached hydrogens (tertiary/aromatic N) is 3. The first-order valence-electron chi connectivity index (χ1n) is 3.39. The number of aliphatic imine (C=N–C) groups is 1. The summed E-state index contributed by atoms with van der Waals surface area (Å²) in [6.07, 6.45) is 4.69. The van der Waals surface area contributed by atoms with Gasteiger partial charge >= 0.3 is 0 Å². The molecule has 0 fully saturated rings. The molecule has 4 heteroatoms. The molecule has 0 radical (unpaired) electrons. The van der Waals surface area contributed by atoms with Crippen LogP contribution in [0.25, 0.3) is 0 Å². The van der Waals surface area contributed by atoms with Crippen molar-refractivity contribution < 1.29 is 4.52 Å². The summed E-state index contributed by atoms with van der Waals surface area (Å²) in [6, 6.07) is 0. The number of hydrogen-bond donors (Lipinski definition) is 0. The Bertz CT molecular complexity index is 324. The fourth-order valence-electron chi connectivity index (χ4n) is 0.955. The van der Waals surface area contributed by atoms with E-state index in [0.717, 1.165) is 17.8 Å². The fourth-order valence-corrected chi connectivity index (χ4v) is 0.955. The van der Waals surface area contributed by atoms with Crippen molar-refractivity contribution in [1.29, 1.82) is 0 Å². The van der Waals surface area contributed by atoms with Crippen LogP contribution < -0.4 is 0 Å². The van der Waals surface area contributed by atoms with Gasteiger partial charge in [-0.3, -0.25) is 0 Å². The van der Waals surface area contributed by atoms with E-state index in [2.05, 4.69) is 15.4 Å². The van der Waals surface area contributed by atoms with Crippen molar-refractivity contribution in [2.24, 2.45) is 4.99 Å². The molecule has 2 heterocycles. The molecule has 1 aromatic rings. The van der Waals surface area contributed by atoms with Gasteiger partial charge in [0.1, 0.15) is 5.69 Å². The first kappa shape index (κ1) is 6.27. The minimum Gasteiger partial charge on any atom is -0.316 e. The maximum absolute atomic E-state index is 4.82. The zero-order chi connectivity index (χ0) is 7.68. The predicted molar refractivity (Wildman–Crippen MR) is 39.9 cm³/mol. The minimum absolute atomic E-state index is 0.535. The van der Waals surface area contributed by atoms with Crippen molar-refractivity contribution in [2.45, 2.75) is 13.3 Å².